The predicted molar refractivity (Wildman–Crippen MR) is 95.5 cm³/mol. The highest BCUT2D eigenvalue weighted by Gasteiger charge is 2.23. The van der Waals surface area contributed by atoms with Gasteiger partial charge in [0.25, 0.3) is 0 Å². The van der Waals surface area contributed by atoms with Gasteiger partial charge in [-0.05, 0) is 37.9 Å². The quantitative estimate of drug-likeness (QED) is 0.913. The topological polar surface area (TPSA) is 45.2 Å². The van der Waals surface area contributed by atoms with Gasteiger partial charge in [-0.1, -0.05) is 31.9 Å². The van der Waals surface area contributed by atoms with E-state index in [1.807, 2.05) is 30.1 Å². The monoisotopic (exact) mass is 331 g/mol. The third-order valence-electron chi connectivity index (χ3n) is 4.61. The van der Waals surface area contributed by atoms with Gasteiger partial charge in [-0.25, -0.2) is 4.98 Å². The Morgan fingerprint density at radius 3 is 2.91 bits per heavy atom. The van der Waals surface area contributed by atoms with Crippen molar-refractivity contribution < 1.29 is 4.79 Å². The molecule has 1 heterocycles. The van der Waals surface area contributed by atoms with Crippen molar-refractivity contribution in [2.75, 3.05) is 13.6 Å². The zero-order valence-corrected chi connectivity index (χ0v) is 14.7. The average molecular weight is 331 g/mol. The van der Waals surface area contributed by atoms with E-state index in [9.17, 15) is 4.79 Å². The molecule has 1 amide bonds. The second-order valence-corrected chi connectivity index (χ2v) is 7.80. The molecule has 2 aromatic rings. The number of hydrogen-bond donors (Lipinski definition) is 1. The smallest absolute Gasteiger partial charge is 0.234 e. The molecule has 0 unspecified atom stereocenters. The fourth-order valence-corrected chi connectivity index (χ4v) is 4.35. The number of benzene rings is 1. The number of carbonyl (C=O) groups is 1. The first-order valence-electron chi connectivity index (χ1n) is 8.44. The van der Waals surface area contributed by atoms with Crippen LogP contribution in [0.1, 0.15) is 37.6 Å². The molecule has 124 valence electrons. The van der Waals surface area contributed by atoms with Crippen molar-refractivity contribution in [3.05, 3.63) is 29.3 Å². The lowest BCUT2D eigenvalue weighted by Gasteiger charge is -2.30. The van der Waals surface area contributed by atoms with Gasteiger partial charge < -0.3 is 5.32 Å². The van der Waals surface area contributed by atoms with Gasteiger partial charge in [-0.15, -0.1) is 11.3 Å². The summed E-state index contributed by atoms with van der Waals surface area (Å²) in [6.45, 7) is 3.39. The molecule has 2 atom stereocenters. The molecule has 1 N–H and O–H groups in total. The summed E-state index contributed by atoms with van der Waals surface area (Å²) >= 11 is 1.70. The third kappa shape index (κ3) is 4.30. The lowest BCUT2D eigenvalue weighted by Crippen LogP contribution is -2.44. The maximum Gasteiger partial charge on any atom is 0.234 e. The minimum absolute atomic E-state index is 0.132. The fraction of sp³-hybridized carbons (Fsp3) is 0.556. The van der Waals surface area contributed by atoms with Crippen molar-refractivity contribution in [3.63, 3.8) is 0 Å². The number of fused-ring (bicyclic) bond motifs is 1. The van der Waals surface area contributed by atoms with Gasteiger partial charge in [0.2, 0.25) is 5.91 Å². The number of nitrogens with zero attached hydrogens (tertiary/aromatic N) is 2. The summed E-state index contributed by atoms with van der Waals surface area (Å²) in [5.74, 6) is 0.731. The number of rotatable bonds is 5. The molecule has 4 nitrogen and oxygen atoms in total. The first-order valence-corrected chi connectivity index (χ1v) is 9.26. The lowest BCUT2D eigenvalue weighted by molar-refractivity contribution is -0.123. The van der Waals surface area contributed by atoms with Crippen LogP contribution < -0.4 is 5.32 Å². The molecule has 0 spiro atoms. The number of thiazole rings is 1. The Balaban J connectivity index is 1.52. The van der Waals surface area contributed by atoms with Crippen LogP contribution >= 0.6 is 11.3 Å². The first kappa shape index (κ1) is 16.4. The largest absolute Gasteiger partial charge is 0.352 e. The van der Waals surface area contributed by atoms with E-state index in [2.05, 4.69) is 23.3 Å². The van der Waals surface area contributed by atoms with Crippen LogP contribution in [0.2, 0.25) is 0 Å². The molecule has 1 fully saturated rings. The summed E-state index contributed by atoms with van der Waals surface area (Å²) in [5, 5.41) is 4.28. The molecule has 5 heteroatoms. The molecule has 0 bridgehead atoms. The standard InChI is InChI=1S/C18H25N3OS/c1-13-7-3-4-8-14(13)19-17(22)11-21(2)12-18-20-15-9-5-6-10-16(15)23-18/h5-6,9-10,13-14H,3-4,7-8,11-12H2,1-2H3,(H,19,22)/t13-,14+/m1/s1. The molecule has 1 aromatic heterocycles. The summed E-state index contributed by atoms with van der Waals surface area (Å²) in [5.41, 5.74) is 1.04. The van der Waals surface area contributed by atoms with Gasteiger partial charge in [0.05, 0.1) is 23.3 Å². The van der Waals surface area contributed by atoms with E-state index < -0.39 is 0 Å². The zero-order valence-electron chi connectivity index (χ0n) is 13.9. The van der Waals surface area contributed by atoms with E-state index in [4.69, 9.17) is 0 Å². The summed E-state index contributed by atoms with van der Waals surface area (Å²) in [7, 11) is 1.98. The van der Waals surface area contributed by atoms with Crippen molar-refractivity contribution >= 4 is 27.5 Å². The Morgan fingerprint density at radius 1 is 1.35 bits per heavy atom. The van der Waals surface area contributed by atoms with Crippen LogP contribution in [0.3, 0.4) is 0 Å². The molecule has 0 radical (unpaired) electrons. The third-order valence-corrected chi connectivity index (χ3v) is 5.64. The number of likely N-dealkylation sites (N-methyl/N-ethyl adjacent to an activating group) is 1. The molecule has 1 aromatic carbocycles. The van der Waals surface area contributed by atoms with Crippen molar-refractivity contribution in [1.82, 2.24) is 15.2 Å². The number of carbonyl (C=O) groups excluding carboxylic acids is 1. The minimum Gasteiger partial charge on any atom is -0.352 e. The highest BCUT2D eigenvalue weighted by atomic mass is 32.1. The zero-order chi connectivity index (χ0) is 16.2. The number of amides is 1. The van der Waals surface area contributed by atoms with E-state index in [1.54, 1.807) is 11.3 Å². The predicted octanol–water partition coefficient (Wildman–Crippen LogP) is 3.42. The first-order chi connectivity index (χ1) is 11.1. The molecule has 1 saturated carbocycles. The molecular formula is C18H25N3OS. The van der Waals surface area contributed by atoms with E-state index in [0.29, 0.717) is 25.0 Å². The van der Waals surface area contributed by atoms with E-state index >= 15 is 0 Å². The normalized spacial score (nSPS) is 21.7. The summed E-state index contributed by atoms with van der Waals surface area (Å²) < 4.78 is 1.20. The van der Waals surface area contributed by atoms with Crippen molar-refractivity contribution in [2.24, 2.45) is 5.92 Å². The van der Waals surface area contributed by atoms with Crippen LogP contribution in [-0.4, -0.2) is 35.4 Å². The van der Waals surface area contributed by atoms with Crippen LogP contribution in [0.4, 0.5) is 0 Å². The van der Waals surface area contributed by atoms with E-state index in [-0.39, 0.29) is 5.91 Å². The van der Waals surface area contributed by atoms with Crippen molar-refractivity contribution in [1.29, 1.82) is 0 Å². The SMILES string of the molecule is C[C@@H]1CCCC[C@@H]1NC(=O)CN(C)Cc1nc2ccccc2s1. The van der Waals surface area contributed by atoms with E-state index in [0.717, 1.165) is 16.9 Å². The van der Waals surface area contributed by atoms with E-state index in [1.165, 1.54) is 24.0 Å². The maximum atomic E-state index is 12.3. The summed E-state index contributed by atoms with van der Waals surface area (Å²) in [6.07, 6.45) is 4.88. The Labute approximate surface area is 141 Å². The van der Waals surface area contributed by atoms with Crippen LogP contribution in [0, 0.1) is 5.92 Å². The Kier molecular flexibility index (Phi) is 5.28. The van der Waals surface area contributed by atoms with Crippen LogP contribution in [-0.2, 0) is 11.3 Å². The number of para-hydroxylation sites is 1. The number of hydrogen-bond acceptors (Lipinski definition) is 4. The summed E-state index contributed by atoms with van der Waals surface area (Å²) in [4.78, 5) is 18.9. The van der Waals surface area contributed by atoms with Crippen LogP contribution in [0.5, 0.6) is 0 Å². The second kappa shape index (κ2) is 7.41. The molecule has 23 heavy (non-hydrogen) atoms. The van der Waals surface area contributed by atoms with Crippen molar-refractivity contribution in [3.8, 4) is 0 Å². The van der Waals surface area contributed by atoms with Gasteiger partial charge in [-0.2, -0.15) is 0 Å². The molecular weight excluding hydrogens is 306 g/mol. The lowest BCUT2D eigenvalue weighted by atomic mass is 9.86. The van der Waals surface area contributed by atoms with Gasteiger partial charge in [0.15, 0.2) is 0 Å². The van der Waals surface area contributed by atoms with Gasteiger partial charge in [-0.3, -0.25) is 9.69 Å². The van der Waals surface area contributed by atoms with Gasteiger partial charge in [0.1, 0.15) is 5.01 Å². The van der Waals surface area contributed by atoms with Crippen molar-refractivity contribution in [2.45, 2.75) is 45.2 Å². The average Bonchev–Trinajstić information content (AvgIpc) is 2.91. The van der Waals surface area contributed by atoms with Gasteiger partial charge >= 0.3 is 0 Å². The Bertz CT molecular complexity index is 636. The fourth-order valence-electron chi connectivity index (χ4n) is 3.30. The molecule has 0 aliphatic heterocycles. The van der Waals surface area contributed by atoms with Gasteiger partial charge in [0, 0.05) is 6.04 Å². The highest BCUT2D eigenvalue weighted by Crippen LogP contribution is 2.24. The Morgan fingerprint density at radius 2 is 2.13 bits per heavy atom. The highest BCUT2D eigenvalue weighted by molar-refractivity contribution is 7.18. The summed E-state index contributed by atoms with van der Waals surface area (Å²) in [6, 6.07) is 8.52. The molecule has 1 aliphatic rings. The molecule has 3 rings (SSSR count). The molecule has 0 saturated heterocycles. The Hall–Kier alpha value is -1.46. The second-order valence-electron chi connectivity index (χ2n) is 6.68. The number of aromatic nitrogens is 1. The van der Waals surface area contributed by atoms with Crippen LogP contribution in [0.25, 0.3) is 10.2 Å². The minimum atomic E-state index is 0.132. The molecule has 1 aliphatic carbocycles. The number of nitrogens with one attached hydrogen (secondary N) is 1. The van der Waals surface area contributed by atoms with Crippen LogP contribution in [0.15, 0.2) is 24.3 Å². The maximum absolute atomic E-state index is 12.3.